The first-order chi connectivity index (χ1) is 6.54. The standard InChI is InChI=1S/C9H10ClNO3/c1-6(11(13)14)9(12)7-4-2-3-5-8(7)10/h2-6,9,12H,1H3/t6-,9-/m0/s1. The molecule has 0 unspecified atom stereocenters. The van der Waals surface area contributed by atoms with Crippen molar-refractivity contribution in [2.45, 2.75) is 19.1 Å². The molecule has 0 aliphatic heterocycles. The third-order valence-corrected chi connectivity index (χ3v) is 2.36. The topological polar surface area (TPSA) is 63.4 Å². The molecule has 14 heavy (non-hydrogen) atoms. The number of benzene rings is 1. The number of aliphatic hydroxyl groups excluding tert-OH is 1. The molecule has 1 aromatic carbocycles. The molecule has 4 nitrogen and oxygen atoms in total. The largest absolute Gasteiger partial charge is 0.381 e. The molecular formula is C9H10ClNO3. The van der Waals surface area contributed by atoms with Crippen LogP contribution in [0.5, 0.6) is 0 Å². The molecule has 1 aromatic rings. The first-order valence-electron chi connectivity index (χ1n) is 4.10. The van der Waals surface area contributed by atoms with Crippen molar-refractivity contribution in [2.75, 3.05) is 0 Å². The van der Waals surface area contributed by atoms with Crippen LogP contribution in [0.2, 0.25) is 5.02 Å². The van der Waals surface area contributed by atoms with E-state index in [1.54, 1.807) is 24.3 Å². The van der Waals surface area contributed by atoms with E-state index in [2.05, 4.69) is 0 Å². The van der Waals surface area contributed by atoms with E-state index in [1.165, 1.54) is 6.92 Å². The Hall–Kier alpha value is -1.13. The molecule has 1 N–H and O–H groups in total. The second-order valence-corrected chi connectivity index (χ2v) is 3.40. The van der Waals surface area contributed by atoms with Crippen LogP contribution in [0, 0.1) is 10.1 Å². The number of hydrogen-bond acceptors (Lipinski definition) is 3. The van der Waals surface area contributed by atoms with E-state index in [0.717, 1.165) is 0 Å². The van der Waals surface area contributed by atoms with E-state index in [0.29, 0.717) is 10.6 Å². The van der Waals surface area contributed by atoms with Crippen LogP contribution in [0.15, 0.2) is 24.3 Å². The van der Waals surface area contributed by atoms with Gasteiger partial charge in [-0.1, -0.05) is 29.8 Å². The zero-order chi connectivity index (χ0) is 10.7. The van der Waals surface area contributed by atoms with E-state index in [9.17, 15) is 15.2 Å². The lowest BCUT2D eigenvalue weighted by molar-refractivity contribution is -0.531. The monoisotopic (exact) mass is 215 g/mol. The van der Waals surface area contributed by atoms with Gasteiger partial charge in [0.05, 0.1) is 0 Å². The van der Waals surface area contributed by atoms with Gasteiger partial charge in [-0.15, -0.1) is 0 Å². The zero-order valence-corrected chi connectivity index (χ0v) is 8.31. The summed E-state index contributed by atoms with van der Waals surface area (Å²) in [4.78, 5) is 9.89. The SMILES string of the molecule is C[C@@H]([C@H](O)c1ccccc1Cl)[N+](=O)[O-]. The molecule has 0 radical (unpaired) electrons. The summed E-state index contributed by atoms with van der Waals surface area (Å²) < 4.78 is 0. The van der Waals surface area contributed by atoms with Gasteiger partial charge in [0, 0.05) is 22.4 Å². The van der Waals surface area contributed by atoms with E-state index in [1.807, 2.05) is 0 Å². The van der Waals surface area contributed by atoms with Crippen molar-refractivity contribution in [1.82, 2.24) is 0 Å². The van der Waals surface area contributed by atoms with E-state index < -0.39 is 17.1 Å². The number of rotatable bonds is 3. The Morgan fingerprint density at radius 1 is 1.50 bits per heavy atom. The molecule has 0 bridgehead atoms. The van der Waals surface area contributed by atoms with Gasteiger partial charge in [-0.25, -0.2) is 0 Å². The summed E-state index contributed by atoms with van der Waals surface area (Å²) in [6.45, 7) is 1.34. The van der Waals surface area contributed by atoms with Crippen LogP contribution in [-0.4, -0.2) is 16.1 Å². The van der Waals surface area contributed by atoms with Gasteiger partial charge in [-0.3, -0.25) is 10.1 Å². The fraction of sp³-hybridized carbons (Fsp3) is 0.333. The van der Waals surface area contributed by atoms with E-state index >= 15 is 0 Å². The molecule has 0 aliphatic rings. The smallest absolute Gasteiger partial charge is 0.240 e. The molecular weight excluding hydrogens is 206 g/mol. The number of aliphatic hydroxyl groups is 1. The van der Waals surface area contributed by atoms with Crippen LogP contribution in [0.1, 0.15) is 18.6 Å². The Bertz CT molecular complexity index is 343. The highest BCUT2D eigenvalue weighted by Gasteiger charge is 2.27. The van der Waals surface area contributed by atoms with Crippen molar-refractivity contribution in [1.29, 1.82) is 0 Å². The van der Waals surface area contributed by atoms with Crippen LogP contribution in [0.25, 0.3) is 0 Å². The molecule has 0 heterocycles. The van der Waals surface area contributed by atoms with Crippen molar-refractivity contribution in [3.63, 3.8) is 0 Å². The maximum atomic E-state index is 10.4. The van der Waals surface area contributed by atoms with Crippen LogP contribution < -0.4 is 0 Å². The Kier molecular flexibility index (Phi) is 3.43. The van der Waals surface area contributed by atoms with Crippen molar-refractivity contribution in [3.05, 3.63) is 45.0 Å². The lowest BCUT2D eigenvalue weighted by Gasteiger charge is -2.13. The van der Waals surface area contributed by atoms with Gasteiger partial charge in [0.2, 0.25) is 6.04 Å². The highest BCUT2D eigenvalue weighted by atomic mass is 35.5. The number of hydrogen-bond donors (Lipinski definition) is 1. The van der Waals surface area contributed by atoms with Crippen molar-refractivity contribution in [2.24, 2.45) is 0 Å². The average Bonchev–Trinajstić information content (AvgIpc) is 2.16. The van der Waals surface area contributed by atoms with Crippen LogP contribution in [-0.2, 0) is 0 Å². The molecule has 76 valence electrons. The van der Waals surface area contributed by atoms with Gasteiger partial charge < -0.3 is 5.11 Å². The van der Waals surface area contributed by atoms with Gasteiger partial charge in [-0.05, 0) is 6.07 Å². The first kappa shape index (κ1) is 10.9. The summed E-state index contributed by atoms with van der Waals surface area (Å²) in [5, 5.41) is 20.4. The van der Waals surface area contributed by atoms with Crippen LogP contribution in [0.4, 0.5) is 0 Å². The Morgan fingerprint density at radius 3 is 2.57 bits per heavy atom. The molecule has 0 saturated heterocycles. The molecule has 0 fully saturated rings. The zero-order valence-electron chi connectivity index (χ0n) is 7.55. The molecule has 0 aliphatic carbocycles. The molecule has 5 heteroatoms. The molecule has 0 saturated carbocycles. The van der Waals surface area contributed by atoms with Crippen molar-refractivity contribution in [3.8, 4) is 0 Å². The van der Waals surface area contributed by atoms with Gasteiger partial charge in [0.25, 0.3) is 0 Å². The summed E-state index contributed by atoms with van der Waals surface area (Å²) in [6.07, 6.45) is -1.17. The average molecular weight is 216 g/mol. The maximum Gasteiger partial charge on any atom is 0.240 e. The number of nitro groups is 1. The second kappa shape index (κ2) is 4.39. The summed E-state index contributed by atoms with van der Waals surface area (Å²) >= 11 is 5.79. The van der Waals surface area contributed by atoms with E-state index in [-0.39, 0.29) is 0 Å². The fourth-order valence-electron chi connectivity index (χ4n) is 1.09. The van der Waals surface area contributed by atoms with Gasteiger partial charge in [-0.2, -0.15) is 0 Å². The maximum absolute atomic E-state index is 10.4. The minimum absolute atomic E-state index is 0.341. The molecule has 0 amide bonds. The first-order valence-corrected chi connectivity index (χ1v) is 4.48. The second-order valence-electron chi connectivity index (χ2n) is 2.99. The highest BCUT2D eigenvalue weighted by molar-refractivity contribution is 6.31. The number of halogens is 1. The fourth-order valence-corrected chi connectivity index (χ4v) is 1.34. The summed E-state index contributed by atoms with van der Waals surface area (Å²) in [5.41, 5.74) is 0.387. The van der Waals surface area contributed by atoms with Gasteiger partial charge in [0.1, 0.15) is 6.10 Å². The van der Waals surface area contributed by atoms with Crippen molar-refractivity contribution < 1.29 is 10.0 Å². The molecule has 2 atom stereocenters. The Labute approximate surface area is 86.3 Å². The van der Waals surface area contributed by atoms with Crippen LogP contribution in [0.3, 0.4) is 0 Å². The minimum atomic E-state index is -1.17. The molecule has 0 aromatic heterocycles. The summed E-state index contributed by atoms with van der Waals surface area (Å²) in [6, 6.07) is 5.49. The Morgan fingerprint density at radius 2 is 2.07 bits per heavy atom. The predicted molar refractivity (Wildman–Crippen MR) is 52.9 cm³/mol. The Balaban J connectivity index is 2.94. The van der Waals surface area contributed by atoms with Gasteiger partial charge in [0.15, 0.2) is 0 Å². The van der Waals surface area contributed by atoms with Crippen LogP contribution >= 0.6 is 11.6 Å². The third kappa shape index (κ3) is 2.21. The quantitative estimate of drug-likeness (QED) is 0.620. The van der Waals surface area contributed by atoms with Crippen molar-refractivity contribution >= 4 is 11.6 Å². The summed E-state index contributed by atoms with van der Waals surface area (Å²) in [5.74, 6) is 0. The lowest BCUT2D eigenvalue weighted by Crippen LogP contribution is -2.24. The van der Waals surface area contributed by atoms with Gasteiger partial charge >= 0.3 is 0 Å². The summed E-state index contributed by atoms with van der Waals surface area (Å²) in [7, 11) is 0. The predicted octanol–water partition coefficient (Wildman–Crippen LogP) is 2.04. The molecule has 0 spiro atoms. The highest BCUT2D eigenvalue weighted by Crippen LogP contribution is 2.25. The minimum Gasteiger partial charge on any atom is -0.381 e. The number of nitrogens with zero attached hydrogens (tertiary/aromatic N) is 1. The molecule has 1 rings (SSSR count). The third-order valence-electron chi connectivity index (χ3n) is 2.01. The normalized spacial score (nSPS) is 14.8. The van der Waals surface area contributed by atoms with E-state index in [4.69, 9.17) is 11.6 Å². The lowest BCUT2D eigenvalue weighted by atomic mass is 10.0.